The molecule has 0 saturated carbocycles. The van der Waals surface area contributed by atoms with Crippen molar-refractivity contribution in [3.8, 4) is 5.75 Å². The highest BCUT2D eigenvalue weighted by Gasteiger charge is 2.18. The van der Waals surface area contributed by atoms with E-state index in [4.69, 9.17) is 16.3 Å². The Labute approximate surface area is 194 Å². The summed E-state index contributed by atoms with van der Waals surface area (Å²) < 4.78 is 31.6. The minimum absolute atomic E-state index is 0.0952. The lowest BCUT2D eigenvalue weighted by Gasteiger charge is -2.19. The first-order chi connectivity index (χ1) is 15.2. The Balaban J connectivity index is 1.71. The highest BCUT2D eigenvalue weighted by Crippen LogP contribution is 2.23. The quantitative estimate of drug-likeness (QED) is 0.486. The highest BCUT2D eigenvalue weighted by atomic mass is 35.5. The van der Waals surface area contributed by atoms with Crippen LogP contribution < -0.4 is 4.74 Å². The first kappa shape index (κ1) is 23.8. The van der Waals surface area contributed by atoms with E-state index in [0.717, 1.165) is 15.4 Å². The normalized spacial score (nSPS) is 11.4. The van der Waals surface area contributed by atoms with Crippen LogP contribution in [-0.2, 0) is 23.2 Å². The fourth-order valence-corrected chi connectivity index (χ4v) is 4.18. The van der Waals surface area contributed by atoms with E-state index < -0.39 is 10.0 Å². The average Bonchev–Trinajstić information content (AvgIpc) is 2.79. The molecule has 0 N–H and O–H groups in total. The molecule has 0 aromatic heterocycles. The van der Waals surface area contributed by atoms with Crippen molar-refractivity contribution in [3.05, 3.63) is 94.5 Å². The lowest BCUT2D eigenvalue weighted by Crippen LogP contribution is -2.26. The zero-order valence-electron chi connectivity index (χ0n) is 18.2. The van der Waals surface area contributed by atoms with Gasteiger partial charge in [-0.1, -0.05) is 41.9 Å². The Kier molecular flexibility index (Phi) is 7.56. The Morgan fingerprint density at radius 3 is 2.34 bits per heavy atom. The van der Waals surface area contributed by atoms with E-state index >= 15 is 0 Å². The maximum atomic E-state index is 12.6. The third-order valence-electron chi connectivity index (χ3n) is 4.87. The second-order valence-corrected chi connectivity index (χ2v) is 10.1. The standard InChI is InChI=1S/C24H25ClN2O4S/c1-26(2)32(29,30)22-11-7-10-21(15-22)31-17-18-12-13-23(25)20(14-18)16-27(3)24(28)19-8-5-4-6-9-19/h4-15H,16-17H2,1-3H3. The van der Waals surface area contributed by atoms with E-state index in [1.165, 1.54) is 26.2 Å². The molecular formula is C24H25ClN2O4S. The van der Waals surface area contributed by atoms with Gasteiger partial charge in [-0.25, -0.2) is 12.7 Å². The van der Waals surface area contributed by atoms with Crippen molar-refractivity contribution < 1.29 is 17.9 Å². The van der Waals surface area contributed by atoms with Crippen LogP contribution in [0.15, 0.2) is 77.7 Å². The number of ether oxygens (including phenoxy) is 1. The van der Waals surface area contributed by atoms with Gasteiger partial charge in [0.15, 0.2) is 0 Å². The van der Waals surface area contributed by atoms with E-state index in [9.17, 15) is 13.2 Å². The number of carbonyl (C=O) groups excluding carboxylic acids is 1. The Morgan fingerprint density at radius 1 is 0.938 bits per heavy atom. The van der Waals surface area contributed by atoms with Crippen LogP contribution in [0.25, 0.3) is 0 Å². The molecule has 3 rings (SSSR count). The smallest absolute Gasteiger partial charge is 0.253 e. The summed E-state index contributed by atoms with van der Waals surface area (Å²) in [6.45, 7) is 0.572. The third kappa shape index (κ3) is 5.68. The van der Waals surface area contributed by atoms with Crippen LogP contribution in [0.5, 0.6) is 5.75 Å². The van der Waals surface area contributed by atoms with E-state index in [1.807, 2.05) is 30.3 Å². The van der Waals surface area contributed by atoms with Crippen molar-refractivity contribution in [2.24, 2.45) is 0 Å². The molecule has 3 aromatic carbocycles. The van der Waals surface area contributed by atoms with Crippen molar-refractivity contribution in [3.63, 3.8) is 0 Å². The summed E-state index contributed by atoms with van der Waals surface area (Å²) in [6, 6.07) is 20.9. The summed E-state index contributed by atoms with van der Waals surface area (Å²) in [5.41, 5.74) is 2.26. The second-order valence-electron chi connectivity index (χ2n) is 7.50. The van der Waals surface area contributed by atoms with Gasteiger partial charge in [-0.05, 0) is 47.5 Å². The molecule has 0 radical (unpaired) electrons. The molecule has 1 amide bonds. The molecule has 32 heavy (non-hydrogen) atoms. The van der Waals surface area contributed by atoms with Crippen LogP contribution in [0.3, 0.4) is 0 Å². The molecule has 0 unspecified atom stereocenters. The molecule has 3 aromatic rings. The van der Waals surface area contributed by atoms with E-state index in [2.05, 4.69) is 0 Å². The topological polar surface area (TPSA) is 66.9 Å². The molecule has 168 valence electrons. The summed E-state index contributed by atoms with van der Waals surface area (Å²) in [6.07, 6.45) is 0. The molecule has 6 nitrogen and oxygen atoms in total. The van der Waals surface area contributed by atoms with Gasteiger partial charge in [0, 0.05) is 44.3 Å². The van der Waals surface area contributed by atoms with Crippen molar-refractivity contribution in [2.75, 3.05) is 21.1 Å². The number of carbonyl (C=O) groups is 1. The predicted octanol–water partition coefficient (Wildman–Crippen LogP) is 4.44. The summed E-state index contributed by atoms with van der Waals surface area (Å²) in [5.74, 6) is 0.350. The largest absolute Gasteiger partial charge is 0.489 e. The molecule has 0 heterocycles. The second kappa shape index (κ2) is 10.2. The fourth-order valence-electron chi connectivity index (χ4n) is 3.07. The van der Waals surface area contributed by atoms with E-state index in [-0.39, 0.29) is 17.4 Å². The summed E-state index contributed by atoms with van der Waals surface area (Å²) >= 11 is 6.36. The van der Waals surface area contributed by atoms with Gasteiger partial charge in [-0.2, -0.15) is 0 Å². The number of hydrogen-bond donors (Lipinski definition) is 0. The molecule has 0 fully saturated rings. The number of rotatable bonds is 8. The first-order valence-electron chi connectivity index (χ1n) is 9.91. The fraction of sp³-hybridized carbons (Fsp3) is 0.208. The number of nitrogens with zero attached hydrogens (tertiary/aromatic N) is 2. The maximum Gasteiger partial charge on any atom is 0.253 e. The number of sulfonamides is 1. The zero-order chi connectivity index (χ0) is 23.3. The van der Waals surface area contributed by atoms with Gasteiger partial charge in [0.25, 0.3) is 5.91 Å². The Bertz CT molecular complexity index is 1200. The molecule has 0 spiro atoms. The van der Waals surface area contributed by atoms with Gasteiger partial charge in [0.1, 0.15) is 12.4 Å². The summed E-state index contributed by atoms with van der Waals surface area (Å²) in [4.78, 5) is 14.4. The van der Waals surface area contributed by atoms with Crippen molar-refractivity contribution in [1.29, 1.82) is 0 Å². The van der Waals surface area contributed by atoms with E-state index in [1.54, 1.807) is 42.3 Å². The van der Waals surface area contributed by atoms with Crippen LogP contribution in [0, 0.1) is 0 Å². The minimum atomic E-state index is -3.54. The predicted molar refractivity (Wildman–Crippen MR) is 125 cm³/mol. The van der Waals surface area contributed by atoms with Crippen molar-refractivity contribution >= 4 is 27.5 Å². The van der Waals surface area contributed by atoms with Gasteiger partial charge >= 0.3 is 0 Å². The number of amides is 1. The lowest BCUT2D eigenvalue weighted by atomic mass is 10.1. The molecule has 8 heteroatoms. The molecule has 0 aliphatic heterocycles. The highest BCUT2D eigenvalue weighted by molar-refractivity contribution is 7.89. The van der Waals surface area contributed by atoms with Crippen molar-refractivity contribution in [1.82, 2.24) is 9.21 Å². The van der Waals surface area contributed by atoms with Crippen LogP contribution in [0.2, 0.25) is 5.02 Å². The molecule has 0 aliphatic carbocycles. The number of halogens is 1. The van der Waals surface area contributed by atoms with Gasteiger partial charge in [-0.3, -0.25) is 4.79 Å². The summed E-state index contributed by atoms with van der Waals surface area (Å²) in [5, 5.41) is 0.556. The van der Waals surface area contributed by atoms with Gasteiger partial charge in [-0.15, -0.1) is 0 Å². The SMILES string of the molecule is CN(Cc1cc(COc2cccc(S(=O)(=O)N(C)C)c2)ccc1Cl)C(=O)c1ccccc1. The Hall–Kier alpha value is -2.87. The summed E-state index contributed by atoms with van der Waals surface area (Å²) in [7, 11) is 1.15. The number of benzene rings is 3. The first-order valence-corrected chi connectivity index (χ1v) is 11.7. The molecule has 0 bridgehead atoms. The van der Waals surface area contributed by atoms with Gasteiger partial charge in [0.05, 0.1) is 4.90 Å². The maximum absolute atomic E-state index is 12.6. The minimum Gasteiger partial charge on any atom is -0.489 e. The van der Waals surface area contributed by atoms with Crippen LogP contribution in [-0.4, -0.2) is 44.7 Å². The molecule has 0 saturated heterocycles. The van der Waals surface area contributed by atoms with Gasteiger partial charge in [0.2, 0.25) is 10.0 Å². The zero-order valence-corrected chi connectivity index (χ0v) is 19.7. The Morgan fingerprint density at radius 2 is 1.66 bits per heavy atom. The molecule has 0 aliphatic rings. The lowest BCUT2D eigenvalue weighted by molar-refractivity contribution is 0.0785. The molecular weight excluding hydrogens is 448 g/mol. The van der Waals surface area contributed by atoms with Crippen LogP contribution in [0.1, 0.15) is 21.5 Å². The van der Waals surface area contributed by atoms with E-state index in [0.29, 0.717) is 22.9 Å². The monoisotopic (exact) mass is 472 g/mol. The number of hydrogen-bond acceptors (Lipinski definition) is 4. The third-order valence-corrected chi connectivity index (χ3v) is 7.05. The van der Waals surface area contributed by atoms with Crippen LogP contribution >= 0.6 is 11.6 Å². The molecule has 0 atom stereocenters. The van der Waals surface area contributed by atoms with Gasteiger partial charge < -0.3 is 9.64 Å². The average molecular weight is 473 g/mol. The van der Waals surface area contributed by atoms with Crippen molar-refractivity contribution in [2.45, 2.75) is 18.0 Å². The van der Waals surface area contributed by atoms with Crippen LogP contribution in [0.4, 0.5) is 0 Å².